The number of aromatic nitrogens is 1. The lowest BCUT2D eigenvalue weighted by molar-refractivity contribution is -0.136. The quantitative estimate of drug-likeness (QED) is 0.298. The highest BCUT2D eigenvalue weighted by Gasteiger charge is 2.38. The lowest BCUT2D eigenvalue weighted by Gasteiger charge is -2.18. The number of rotatable bonds is 4. The number of halogens is 1. The highest BCUT2D eigenvalue weighted by Crippen LogP contribution is 2.37. The number of methoxy groups -OCH3 is 1. The van der Waals surface area contributed by atoms with Crippen LogP contribution in [0.1, 0.15) is 35.0 Å². The fraction of sp³-hybridized carbons (Fsp3) is 0.214. The molecule has 0 unspecified atom stereocenters. The molecule has 0 atom stereocenters. The maximum atomic E-state index is 13.6. The molecular formula is C28H27BrN2O3. The van der Waals surface area contributed by atoms with E-state index in [-0.39, 0.29) is 11.5 Å². The Balaban J connectivity index is 1.86. The summed E-state index contributed by atoms with van der Waals surface area (Å²) >= 11 is 3.43. The Kier molecular flexibility index (Phi) is 6.36. The second-order valence-electron chi connectivity index (χ2n) is 8.58. The summed E-state index contributed by atoms with van der Waals surface area (Å²) in [5.41, 5.74) is 8.23. The van der Waals surface area contributed by atoms with Gasteiger partial charge in [-0.3, -0.25) is 9.69 Å². The lowest BCUT2D eigenvalue weighted by Crippen LogP contribution is -2.24. The Morgan fingerprint density at radius 3 is 2.29 bits per heavy atom. The third kappa shape index (κ3) is 4.03. The van der Waals surface area contributed by atoms with E-state index in [1.54, 1.807) is 17.9 Å². The van der Waals surface area contributed by atoms with Crippen LogP contribution in [0.2, 0.25) is 0 Å². The minimum atomic E-state index is -0.528. The van der Waals surface area contributed by atoms with Crippen molar-refractivity contribution in [2.24, 2.45) is 0 Å². The highest BCUT2D eigenvalue weighted by molar-refractivity contribution is 9.10. The first-order chi connectivity index (χ1) is 16.1. The predicted octanol–water partition coefficient (Wildman–Crippen LogP) is 6.35. The van der Waals surface area contributed by atoms with Crippen molar-refractivity contribution in [2.75, 3.05) is 12.0 Å². The van der Waals surface area contributed by atoms with Gasteiger partial charge in [-0.05, 0) is 93.8 Å². The van der Waals surface area contributed by atoms with Crippen LogP contribution in [-0.2, 0) is 14.3 Å². The predicted molar refractivity (Wildman–Crippen MR) is 139 cm³/mol. The first-order valence-corrected chi connectivity index (χ1v) is 11.8. The molecule has 1 aromatic heterocycles. The molecule has 0 N–H and O–H groups in total. The number of carbonyl (C=O) groups excluding carboxylic acids is 2. The summed E-state index contributed by atoms with van der Waals surface area (Å²) in [6.45, 7) is 10.0. The van der Waals surface area contributed by atoms with Gasteiger partial charge in [0.1, 0.15) is 0 Å². The van der Waals surface area contributed by atoms with E-state index in [4.69, 9.17) is 4.74 Å². The van der Waals surface area contributed by atoms with Gasteiger partial charge < -0.3 is 9.30 Å². The number of nitrogens with zero attached hydrogens (tertiary/aromatic N) is 2. The standard InChI is InChI=1S/C28H27BrN2O3/c1-16-7-8-17(2)25(13-16)30-18(3)14-21(19(30)4)15-24-26(28(33)34-6)20(5)31(27(24)32)23-11-9-22(29)10-12-23/h7-15H,1-6H3/b24-15-. The molecule has 0 saturated heterocycles. The Hall–Kier alpha value is -3.38. The van der Waals surface area contributed by atoms with Gasteiger partial charge in [0, 0.05) is 32.9 Å². The molecule has 0 bridgehead atoms. The molecule has 1 aliphatic rings. The van der Waals surface area contributed by atoms with Gasteiger partial charge in [-0.2, -0.15) is 0 Å². The van der Waals surface area contributed by atoms with Gasteiger partial charge in [0.15, 0.2) is 0 Å². The van der Waals surface area contributed by atoms with E-state index < -0.39 is 5.97 Å². The third-order valence-corrected chi connectivity index (χ3v) is 6.78. The average Bonchev–Trinajstić information content (AvgIpc) is 3.22. The molecule has 34 heavy (non-hydrogen) atoms. The fourth-order valence-corrected chi connectivity index (χ4v) is 4.77. The van der Waals surface area contributed by atoms with E-state index in [9.17, 15) is 9.59 Å². The van der Waals surface area contributed by atoms with Crippen molar-refractivity contribution in [3.05, 3.63) is 97.9 Å². The first-order valence-electron chi connectivity index (χ1n) is 11.0. The van der Waals surface area contributed by atoms with Gasteiger partial charge in [-0.25, -0.2) is 4.79 Å². The van der Waals surface area contributed by atoms with Gasteiger partial charge in [-0.15, -0.1) is 0 Å². The van der Waals surface area contributed by atoms with Crippen LogP contribution in [0, 0.1) is 27.7 Å². The van der Waals surface area contributed by atoms with Gasteiger partial charge in [-0.1, -0.05) is 28.1 Å². The van der Waals surface area contributed by atoms with Crippen molar-refractivity contribution >= 4 is 39.6 Å². The van der Waals surface area contributed by atoms with E-state index in [0.717, 1.165) is 32.7 Å². The van der Waals surface area contributed by atoms with Gasteiger partial charge in [0.05, 0.1) is 18.3 Å². The number of benzene rings is 2. The minimum Gasteiger partial charge on any atom is -0.465 e. The van der Waals surface area contributed by atoms with E-state index >= 15 is 0 Å². The van der Waals surface area contributed by atoms with Crippen LogP contribution >= 0.6 is 15.9 Å². The van der Waals surface area contributed by atoms with Crippen molar-refractivity contribution in [1.82, 2.24) is 4.57 Å². The summed E-state index contributed by atoms with van der Waals surface area (Å²) in [6.07, 6.45) is 1.81. The second-order valence-corrected chi connectivity index (χ2v) is 9.49. The molecule has 2 aromatic carbocycles. The molecule has 5 nitrogen and oxygen atoms in total. The number of ether oxygens (including phenoxy) is 1. The summed E-state index contributed by atoms with van der Waals surface area (Å²) in [5.74, 6) is -0.781. The monoisotopic (exact) mass is 518 g/mol. The van der Waals surface area contributed by atoms with Crippen LogP contribution in [0.5, 0.6) is 0 Å². The van der Waals surface area contributed by atoms with Crippen molar-refractivity contribution in [3.8, 4) is 5.69 Å². The number of carbonyl (C=O) groups is 2. The summed E-state index contributed by atoms with van der Waals surface area (Å²) in [6, 6.07) is 15.8. The molecule has 4 rings (SSSR count). The third-order valence-electron chi connectivity index (χ3n) is 6.25. The van der Waals surface area contributed by atoms with Gasteiger partial charge >= 0.3 is 5.97 Å². The van der Waals surface area contributed by atoms with Crippen molar-refractivity contribution in [3.63, 3.8) is 0 Å². The van der Waals surface area contributed by atoms with Gasteiger partial charge in [0.2, 0.25) is 0 Å². The van der Waals surface area contributed by atoms with Crippen LogP contribution in [0.3, 0.4) is 0 Å². The van der Waals surface area contributed by atoms with Crippen LogP contribution in [0.25, 0.3) is 11.8 Å². The molecular weight excluding hydrogens is 492 g/mol. The molecule has 0 aliphatic carbocycles. The summed E-state index contributed by atoms with van der Waals surface area (Å²) in [4.78, 5) is 27.9. The molecule has 0 saturated carbocycles. The number of esters is 1. The lowest BCUT2D eigenvalue weighted by atomic mass is 10.0. The molecule has 1 amide bonds. The highest BCUT2D eigenvalue weighted by atomic mass is 79.9. The Morgan fingerprint density at radius 1 is 0.971 bits per heavy atom. The zero-order valence-corrected chi connectivity index (χ0v) is 21.8. The van der Waals surface area contributed by atoms with Crippen molar-refractivity contribution in [2.45, 2.75) is 34.6 Å². The van der Waals surface area contributed by atoms with E-state index in [2.05, 4.69) is 52.5 Å². The summed E-state index contributed by atoms with van der Waals surface area (Å²) in [5, 5.41) is 0. The maximum absolute atomic E-state index is 13.6. The van der Waals surface area contributed by atoms with Crippen LogP contribution in [-0.4, -0.2) is 23.6 Å². The molecule has 174 valence electrons. The number of aryl methyl sites for hydroxylation is 3. The van der Waals surface area contributed by atoms with Gasteiger partial charge in [0.25, 0.3) is 5.91 Å². The van der Waals surface area contributed by atoms with Crippen molar-refractivity contribution < 1.29 is 14.3 Å². The van der Waals surface area contributed by atoms with Crippen LogP contribution < -0.4 is 4.90 Å². The largest absolute Gasteiger partial charge is 0.465 e. The first kappa shape index (κ1) is 23.8. The van der Waals surface area contributed by atoms with Crippen LogP contribution in [0.15, 0.2) is 69.8 Å². The number of hydrogen-bond acceptors (Lipinski definition) is 3. The maximum Gasteiger partial charge on any atom is 0.340 e. The molecule has 1 aliphatic heterocycles. The number of allylic oxidation sites excluding steroid dienone is 1. The van der Waals surface area contributed by atoms with Crippen molar-refractivity contribution in [1.29, 1.82) is 0 Å². The number of amides is 1. The zero-order valence-electron chi connectivity index (χ0n) is 20.2. The average molecular weight is 519 g/mol. The topological polar surface area (TPSA) is 51.5 Å². The second kappa shape index (κ2) is 9.11. The normalized spacial score (nSPS) is 15.0. The van der Waals surface area contributed by atoms with Crippen LogP contribution in [0.4, 0.5) is 5.69 Å². The Labute approximate surface area is 208 Å². The number of hydrogen-bond donors (Lipinski definition) is 0. The Bertz CT molecular complexity index is 1380. The fourth-order valence-electron chi connectivity index (χ4n) is 4.50. The molecule has 0 fully saturated rings. The Morgan fingerprint density at radius 2 is 1.65 bits per heavy atom. The molecule has 2 heterocycles. The molecule has 3 aromatic rings. The van der Waals surface area contributed by atoms with E-state index in [1.807, 2.05) is 44.2 Å². The SMILES string of the molecule is COC(=O)C1=C(C)N(c2ccc(Br)cc2)C(=O)/C1=C\c1cc(C)n(-c2cc(C)ccc2C)c1C. The summed E-state index contributed by atoms with van der Waals surface area (Å²) < 4.78 is 8.15. The van der Waals surface area contributed by atoms with E-state index in [1.165, 1.54) is 12.7 Å². The molecule has 6 heteroatoms. The zero-order chi connectivity index (χ0) is 24.7. The minimum absolute atomic E-state index is 0.253. The number of anilines is 1. The summed E-state index contributed by atoms with van der Waals surface area (Å²) in [7, 11) is 1.33. The molecule has 0 radical (unpaired) electrons. The van der Waals surface area contributed by atoms with E-state index in [0.29, 0.717) is 17.0 Å². The molecule has 0 spiro atoms. The smallest absolute Gasteiger partial charge is 0.340 e.